The quantitative estimate of drug-likeness (QED) is 0.315. The third-order valence-electron chi connectivity index (χ3n) is 3.94. The van der Waals surface area contributed by atoms with Gasteiger partial charge in [0.15, 0.2) is 0 Å². The van der Waals surface area contributed by atoms with Crippen molar-refractivity contribution in [3.05, 3.63) is 12.2 Å². The Labute approximate surface area is 125 Å². The van der Waals surface area contributed by atoms with Crippen LogP contribution >= 0.6 is 0 Å². The van der Waals surface area contributed by atoms with Gasteiger partial charge >= 0.3 is 5.97 Å². The van der Waals surface area contributed by atoms with Crippen molar-refractivity contribution in [2.75, 3.05) is 0 Å². The molecule has 0 aliphatic carbocycles. The summed E-state index contributed by atoms with van der Waals surface area (Å²) in [4.78, 5) is 10.3. The van der Waals surface area contributed by atoms with E-state index in [1.165, 1.54) is 51.4 Å². The number of rotatable bonds is 14. The summed E-state index contributed by atoms with van der Waals surface area (Å²) >= 11 is 0. The molecule has 1 unspecified atom stereocenters. The number of carboxylic acid groups (broad SMARTS) is 1. The fourth-order valence-corrected chi connectivity index (χ4v) is 2.27. The van der Waals surface area contributed by atoms with Crippen molar-refractivity contribution >= 4 is 5.97 Å². The van der Waals surface area contributed by atoms with Gasteiger partial charge in [-0.25, -0.2) is 0 Å². The Bertz CT molecular complexity index is 246. The molecule has 118 valence electrons. The van der Waals surface area contributed by atoms with E-state index in [-0.39, 0.29) is 0 Å². The molecule has 0 amide bonds. The topological polar surface area (TPSA) is 37.3 Å². The Balaban J connectivity index is 3.12. The zero-order chi connectivity index (χ0) is 15.1. The maximum atomic E-state index is 10.3. The van der Waals surface area contributed by atoms with Gasteiger partial charge in [-0.05, 0) is 31.6 Å². The second-order valence-corrected chi connectivity index (χ2v) is 5.97. The summed E-state index contributed by atoms with van der Waals surface area (Å²) in [5, 5.41) is 8.50. The van der Waals surface area contributed by atoms with Gasteiger partial charge in [-0.1, -0.05) is 70.9 Å². The molecule has 0 aliphatic rings. The first-order chi connectivity index (χ1) is 9.66. The number of aliphatic carboxylic acids is 1. The molecule has 1 N–H and O–H groups in total. The number of hydrogen-bond acceptors (Lipinski definition) is 1. The number of carbonyl (C=O) groups is 1. The number of hydrogen-bond donors (Lipinski definition) is 1. The van der Waals surface area contributed by atoms with Crippen LogP contribution in [0.4, 0.5) is 0 Å². The molecule has 0 fully saturated rings. The SMILES string of the molecule is CCC(C)CCCCCCCCC=CCCCC(=O)O. The van der Waals surface area contributed by atoms with Gasteiger partial charge in [0.1, 0.15) is 0 Å². The number of carboxylic acids is 1. The van der Waals surface area contributed by atoms with Crippen molar-refractivity contribution in [1.29, 1.82) is 0 Å². The van der Waals surface area contributed by atoms with E-state index in [1.807, 2.05) is 0 Å². The van der Waals surface area contributed by atoms with Crippen LogP contribution < -0.4 is 0 Å². The molecule has 0 aromatic carbocycles. The first-order valence-electron chi connectivity index (χ1n) is 8.53. The standard InChI is InChI=1S/C18H34O2/c1-3-17(2)15-13-11-9-7-5-4-6-8-10-12-14-16-18(19)20/h8,10,17H,3-7,9,11-16H2,1-2H3,(H,19,20). The highest BCUT2D eigenvalue weighted by molar-refractivity contribution is 5.66. The Kier molecular flexibility index (Phi) is 14.0. The van der Waals surface area contributed by atoms with Crippen LogP contribution in [0.1, 0.15) is 90.9 Å². The molecule has 2 nitrogen and oxygen atoms in total. The van der Waals surface area contributed by atoms with E-state index in [1.54, 1.807) is 0 Å². The predicted molar refractivity (Wildman–Crippen MR) is 87.0 cm³/mol. The van der Waals surface area contributed by atoms with Crippen molar-refractivity contribution in [2.45, 2.75) is 90.9 Å². The highest BCUT2D eigenvalue weighted by Gasteiger charge is 1.98. The fraction of sp³-hybridized carbons (Fsp3) is 0.833. The van der Waals surface area contributed by atoms with E-state index < -0.39 is 5.97 Å². The predicted octanol–water partition coefficient (Wildman–Crippen LogP) is 5.96. The highest BCUT2D eigenvalue weighted by atomic mass is 16.4. The summed E-state index contributed by atoms with van der Waals surface area (Å²) in [6, 6.07) is 0. The second kappa shape index (κ2) is 14.6. The summed E-state index contributed by atoms with van der Waals surface area (Å²) in [5.41, 5.74) is 0. The molecule has 0 heterocycles. The van der Waals surface area contributed by atoms with Gasteiger partial charge in [0.05, 0.1) is 0 Å². The smallest absolute Gasteiger partial charge is 0.303 e. The van der Waals surface area contributed by atoms with Gasteiger partial charge in [-0.3, -0.25) is 4.79 Å². The first-order valence-corrected chi connectivity index (χ1v) is 8.53. The Morgan fingerprint density at radius 2 is 1.50 bits per heavy atom. The molecule has 0 aliphatic heterocycles. The maximum absolute atomic E-state index is 10.3. The van der Waals surface area contributed by atoms with Gasteiger partial charge in [0.2, 0.25) is 0 Å². The molecule has 0 saturated carbocycles. The van der Waals surface area contributed by atoms with Crippen LogP contribution in [-0.2, 0) is 4.79 Å². The van der Waals surface area contributed by atoms with Crippen LogP contribution in [0, 0.1) is 5.92 Å². The Morgan fingerprint density at radius 1 is 0.950 bits per heavy atom. The molecule has 20 heavy (non-hydrogen) atoms. The first kappa shape index (κ1) is 19.2. The fourth-order valence-electron chi connectivity index (χ4n) is 2.27. The lowest BCUT2D eigenvalue weighted by atomic mass is 10.00. The molecule has 1 atom stereocenters. The van der Waals surface area contributed by atoms with Crippen LogP contribution in [-0.4, -0.2) is 11.1 Å². The molecule has 0 bridgehead atoms. The minimum atomic E-state index is -0.688. The summed E-state index contributed by atoms with van der Waals surface area (Å²) < 4.78 is 0. The molecule has 0 rings (SSSR count). The summed E-state index contributed by atoms with van der Waals surface area (Å²) in [7, 11) is 0. The highest BCUT2D eigenvalue weighted by Crippen LogP contribution is 2.14. The zero-order valence-corrected chi connectivity index (χ0v) is 13.6. The third-order valence-corrected chi connectivity index (χ3v) is 3.94. The van der Waals surface area contributed by atoms with Crippen molar-refractivity contribution in [3.8, 4) is 0 Å². The largest absolute Gasteiger partial charge is 0.481 e. The van der Waals surface area contributed by atoms with E-state index in [0.29, 0.717) is 6.42 Å². The molecule has 0 aromatic rings. The van der Waals surface area contributed by atoms with Crippen LogP contribution in [0.15, 0.2) is 12.2 Å². The summed E-state index contributed by atoms with van der Waals surface area (Å²) in [5.74, 6) is 0.216. The molecule has 0 spiro atoms. The number of unbranched alkanes of at least 4 members (excludes halogenated alkanes) is 7. The van der Waals surface area contributed by atoms with E-state index >= 15 is 0 Å². The van der Waals surface area contributed by atoms with Crippen molar-refractivity contribution < 1.29 is 9.90 Å². The maximum Gasteiger partial charge on any atom is 0.303 e. The van der Waals surface area contributed by atoms with E-state index in [0.717, 1.165) is 25.2 Å². The van der Waals surface area contributed by atoms with E-state index in [2.05, 4.69) is 26.0 Å². The van der Waals surface area contributed by atoms with Gasteiger partial charge < -0.3 is 5.11 Å². The second-order valence-electron chi connectivity index (χ2n) is 5.97. The lowest BCUT2D eigenvalue weighted by molar-refractivity contribution is -0.137. The average molecular weight is 282 g/mol. The normalized spacial score (nSPS) is 12.9. The van der Waals surface area contributed by atoms with Crippen LogP contribution in [0.2, 0.25) is 0 Å². The van der Waals surface area contributed by atoms with Gasteiger partial charge in [0.25, 0.3) is 0 Å². The van der Waals surface area contributed by atoms with Crippen molar-refractivity contribution in [1.82, 2.24) is 0 Å². The molecule has 0 saturated heterocycles. The van der Waals surface area contributed by atoms with Gasteiger partial charge in [-0.15, -0.1) is 0 Å². The molecular weight excluding hydrogens is 248 g/mol. The Hall–Kier alpha value is -0.790. The lowest BCUT2D eigenvalue weighted by Gasteiger charge is -2.07. The molecular formula is C18H34O2. The van der Waals surface area contributed by atoms with Crippen molar-refractivity contribution in [2.24, 2.45) is 5.92 Å². The molecule has 0 radical (unpaired) electrons. The summed E-state index contributed by atoms with van der Waals surface area (Å²) in [6.07, 6.45) is 18.3. The van der Waals surface area contributed by atoms with Gasteiger partial charge in [-0.2, -0.15) is 0 Å². The summed E-state index contributed by atoms with van der Waals surface area (Å²) in [6.45, 7) is 4.63. The monoisotopic (exact) mass is 282 g/mol. The minimum Gasteiger partial charge on any atom is -0.481 e. The van der Waals surface area contributed by atoms with Crippen LogP contribution in [0.25, 0.3) is 0 Å². The minimum absolute atomic E-state index is 0.293. The van der Waals surface area contributed by atoms with E-state index in [9.17, 15) is 4.79 Å². The van der Waals surface area contributed by atoms with Gasteiger partial charge in [0, 0.05) is 6.42 Å². The third kappa shape index (κ3) is 15.3. The zero-order valence-electron chi connectivity index (χ0n) is 13.6. The average Bonchev–Trinajstić information content (AvgIpc) is 2.43. The van der Waals surface area contributed by atoms with Crippen molar-refractivity contribution in [3.63, 3.8) is 0 Å². The Morgan fingerprint density at radius 3 is 2.10 bits per heavy atom. The van der Waals surface area contributed by atoms with Crippen LogP contribution in [0.3, 0.4) is 0 Å². The van der Waals surface area contributed by atoms with Crippen LogP contribution in [0.5, 0.6) is 0 Å². The van der Waals surface area contributed by atoms with E-state index in [4.69, 9.17) is 5.11 Å². The lowest BCUT2D eigenvalue weighted by Crippen LogP contribution is -1.92. The molecule has 0 aromatic heterocycles. The molecule has 2 heteroatoms. The number of allylic oxidation sites excluding steroid dienone is 2.